The molecule has 2 N–H and O–H groups in total. The van der Waals surface area contributed by atoms with Crippen molar-refractivity contribution in [1.82, 2.24) is 15.0 Å². The van der Waals surface area contributed by atoms with Crippen molar-refractivity contribution in [3.8, 4) is 0 Å². The van der Waals surface area contributed by atoms with Crippen molar-refractivity contribution in [3.05, 3.63) is 34.4 Å². The van der Waals surface area contributed by atoms with Crippen LogP contribution in [0.3, 0.4) is 0 Å². The van der Waals surface area contributed by atoms with E-state index in [1.54, 1.807) is 13.0 Å². The van der Waals surface area contributed by atoms with Gasteiger partial charge < -0.3 is 9.73 Å². The van der Waals surface area contributed by atoms with E-state index in [2.05, 4.69) is 15.0 Å². The van der Waals surface area contributed by atoms with Gasteiger partial charge in [-0.05, 0) is 37.4 Å². The topological polar surface area (TPSA) is 84.2 Å². The molecule has 0 saturated heterocycles. The van der Waals surface area contributed by atoms with Crippen LogP contribution in [0.5, 0.6) is 0 Å². The number of hydrogen-bond acceptors (Lipinski definition) is 6. The van der Waals surface area contributed by atoms with Gasteiger partial charge in [0.15, 0.2) is 0 Å². The summed E-state index contributed by atoms with van der Waals surface area (Å²) < 4.78 is 32.6. The van der Waals surface area contributed by atoms with Crippen LogP contribution in [0.4, 0.5) is 0 Å². The Hall–Kier alpha value is -1.22. The zero-order valence-corrected chi connectivity index (χ0v) is 13.9. The van der Waals surface area contributed by atoms with Crippen LogP contribution in [0, 0.1) is 13.8 Å². The lowest BCUT2D eigenvalue weighted by Gasteiger charge is -2.01. The van der Waals surface area contributed by atoms with Gasteiger partial charge in [-0.15, -0.1) is 11.3 Å². The summed E-state index contributed by atoms with van der Waals surface area (Å²) in [4.78, 5) is 4.15. The Morgan fingerprint density at radius 2 is 2.10 bits per heavy atom. The summed E-state index contributed by atoms with van der Waals surface area (Å²) in [6.45, 7) is 7.19. The summed E-state index contributed by atoms with van der Waals surface area (Å²) in [7, 11) is -3.53. The maximum Gasteiger partial charge on any atom is 0.250 e. The van der Waals surface area contributed by atoms with Crippen molar-refractivity contribution in [1.29, 1.82) is 0 Å². The van der Waals surface area contributed by atoms with E-state index in [1.165, 1.54) is 11.3 Å². The minimum absolute atomic E-state index is 0.0530. The lowest BCUT2D eigenvalue weighted by molar-refractivity contribution is 0.463. The zero-order valence-electron chi connectivity index (χ0n) is 12.3. The SMILES string of the molecule is CCNCc1csc(S(=O)(=O)NCc2nc(C)c(C)o2)c1. The molecular formula is C13H19N3O3S2. The van der Waals surface area contributed by atoms with E-state index in [9.17, 15) is 8.42 Å². The number of thiophene rings is 1. The van der Waals surface area contributed by atoms with Gasteiger partial charge in [0, 0.05) is 6.54 Å². The average Bonchev–Trinajstić information content (AvgIpc) is 3.03. The molecule has 0 spiro atoms. The van der Waals surface area contributed by atoms with Crippen LogP contribution in [0.1, 0.15) is 29.8 Å². The third-order valence-electron chi connectivity index (χ3n) is 2.96. The molecule has 116 valence electrons. The van der Waals surface area contributed by atoms with Crippen LogP contribution >= 0.6 is 11.3 Å². The first-order valence-corrected chi connectivity index (χ1v) is 8.99. The molecule has 2 rings (SSSR count). The first-order valence-electron chi connectivity index (χ1n) is 6.63. The smallest absolute Gasteiger partial charge is 0.250 e. The fraction of sp³-hybridized carbons (Fsp3) is 0.462. The second-order valence-electron chi connectivity index (χ2n) is 4.63. The maximum atomic E-state index is 12.2. The normalized spacial score (nSPS) is 12.0. The zero-order chi connectivity index (χ0) is 15.5. The second-order valence-corrected chi connectivity index (χ2v) is 7.53. The van der Waals surface area contributed by atoms with Crippen molar-refractivity contribution in [2.24, 2.45) is 0 Å². The molecule has 0 aliphatic carbocycles. The molecule has 0 atom stereocenters. The Bertz CT molecular complexity index is 685. The molecule has 0 aliphatic rings. The van der Waals surface area contributed by atoms with Gasteiger partial charge in [0.05, 0.1) is 12.2 Å². The van der Waals surface area contributed by atoms with E-state index in [1.807, 2.05) is 19.2 Å². The van der Waals surface area contributed by atoms with Crippen molar-refractivity contribution in [3.63, 3.8) is 0 Å². The number of aromatic nitrogens is 1. The summed E-state index contributed by atoms with van der Waals surface area (Å²) in [5.41, 5.74) is 1.73. The number of sulfonamides is 1. The molecule has 0 radical (unpaired) electrons. The Morgan fingerprint density at radius 3 is 2.71 bits per heavy atom. The Morgan fingerprint density at radius 1 is 1.33 bits per heavy atom. The molecule has 2 heterocycles. The maximum absolute atomic E-state index is 12.2. The summed E-state index contributed by atoms with van der Waals surface area (Å²) in [6.07, 6.45) is 0. The van der Waals surface area contributed by atoms with Crippen LogP contribution < -0.4 is 10.0 Å². The van der Waals surface area contributed by atoms with Gasteiger partial charge in [0.1, 0.15) is 9.97 Å². The summed E-state index contributed by atoms with van der Waals surface area (Å²) in [6, 6.07) is 1.68. The number of nitrogens with one attached hydrogen (secondary N) is 2. The highest BCUT2D eigenvalue weighted by Crippen LogP contribution is 2.20. The summed E-state index contributed by atoms with van der Waals surface area (Å²) in [5, 5.41) is 5.01. The van der Waals surface area contributed by atoms with Crippen molar-refractivity contribution < 1.29 is 12.8 Å². The monoisotopic (exact) mass is 329 g/mol. The first kappa shape index (κ1) is 16.2. The van der Waals surface area contributed by atoms with E-state index >= 15 is 0 Å². The molecule has 2 aromatic rings. The van der Waals surface area contributed by atoms with Crippen molar-refractivity contribution >= 4 is 21.4 Å². The van der Waals surface area contributed by atoms with Gasteiger partial charge in [-0.25, -0.2) is 18.1 Å². The van der Waals surface area contributed by atoms with Gasteiger partial charge in [-0.3, -0.25) is 0 Å². The number of rotatable bonds is 7. The van der Waals surface area contributed by atoms with E-state index in [0.717, 1.165) is 17.8 Å². The summed E-state index contributed by atoms with van der Waals surface area (Å²) in [5.74, 6) is 1.08. The van der Waals surface area contributed by atoms with Gasteiger partial charge in [-0.2, -0.15) is 0 Å². The molecule has 0 unspecified atom stereocenters. The van der Waals surface area contributed by atoms with Gasteiger partial charge >= 0.3 is 0 Å². The van der Waals surface area contributed by atoms with E-state index in [-0.39, 0.29) is 6.54 Å². The van der Waals surface area contributed by atoms with Crippen molar-refractivity contribution in [2.45, 2.75) is 38.1 Å². The highest BCUT2D eigenvalue weighted by molar-refractivity contribution is 7.91. The molecule has 0 bridgehead atoms. The molecule has 0 aromatic carbocycles. The molecule has 0 aliphatic heterocycles. The largest absolute Gasteiger partial charge is 0.444 e. The predicted molar refractivity (Wildman–Crippen MR) is 81.7 cm³/mol. The van der Waals surface area contributed by atoms with Gasteiger partial charge in [0.2, 0.25) is 5.89 Å². The van der Waals surface area contributed by atoms with Gasteiger partial charge in [0.25, 0.3) is 10.0 Å². The highest BCUT2D eigenvalue weighted by atomic mass is 32.2. The molecule has 8 heteroatoms. The number of oxazole rings is 1. The van der Waals surface area contributed by atoms with Crippen LogP contribution in [-0.2, 0) is 23.1 Å². The van der Waals surface area contributed by atoms with Crippen LogP contribution in [-0.4, -0.2) is 19.9 Å². The third-order valence-corrected chi connectivity index (χ3v) is 5.85. The van der Waals surface area contributed by atoms with E-state index < -0.39 is 10.0 Å². The molecule has 0 saturated carbocycles. The predicted octanol–water partition coefficient (Wildman–Crippen LogP) is 1.94. The average molecular weight is 329 g/mol. The van der Waals surface area contributed by atoms with Crippen molar-refractivity contribution in [2.75, 3.05) is 6.54 Å². The number of aryl methyl sites for hydroxylation is 2. The fourth-order valence-electron chi connectivity index (χ4n) is 1.70. The second kappa shape index (κ2) is 6.69. The number of nitrogens with zero attached hydrogens (tertiary/aromatic N) is 1. The fourth-order valence-corrected chi connectivity index (χ4v) is 3.93. The Balaban J connectivity index is 2.02. The van der Waals surface area contributed by atoms with Crippen LogP contribution in [0.2, 0.25) is 0 Å². The minimum atomic E-state index is -3.53. The number of hydrogen-bond donors (Lipinski definition) is 2. The molecule has 0 fully saturated rings. The molecule has 2 aromatic heterocycles. The quantitative estimate of drug-likeness (QED) is 0.811. The van der Waals surface area contributed by atoms with E-state index in [4.69, 9.17) is 4.42 Å². The lowest BCUT2D eigenvalue weighted by Crippen LogP contribution is -2.22. The molecule has 21 heavy (non-hydrogen) atoms. The third kappa shape index (κ3) is 4.13. The van der Waals surface area contributed by atoms with Crippen LogP contribution in [0.15, 0.2) is 20.1 Å². The Kier molecular flexibility index (Phi) is 5.15. The first-order chi connectivity index (χ1) is 9.92. The van der Waals surface area contributed by atoms with Crippen LogP contribution in [0.25, 0.3) is 0 Å². The highest BCUT2D eigenvalue weighted by Gasteiger charge is 2.18. The molecular weight excluding hydrogens is 310 g/mol. The summed E-state index contributed by atoms with van der Waals surface area (Å²) >= 11 is 1.21. The molecule has 6 nitrogen and oxygen atoms in total. The Labute approximate surface area is 128 Å². The van der Waals surface area contributed by atoms with E-state index in [0.29, 0.717) is 22.4 Å². The molecule has 0 amide bonds. The standard InChI is InChI=1S/C13H19N3O3S2/c1-4-14-6-11-5-13(20-8-11)21(17,18)15-7-12-16-9(2)10(3)19-12/h5,8,14-15H,4,6-7H2,1-3H3. The lowest BCUT2D eigenvalue weighted by atomic mass is 10.3. The minimum Gasteiger partial charge on any atom is -0.444 e. The van der Waals surface area contributed by atoms with Gasteiger partial charge in [-0.1, -0.05) is 6.92 Å².